The van der Waals surface area contributed by atoms with Gasteiger partial charge < -0.3 is 5.73 Å². The number of hydrogen-bond acceptors (Lipinski definition) is 3. The Morgan fingerprint density at radius 3 is 2.64 bits per heavy atom. The van der Waals surface area contributed by atoms with Gasteiger partial charge >= 0.3 is 0 Å². The lowest BCUT2D eigenvalue weighted by Crippen LogP contribution is -1.96. The number of anilines is 1. The van der Waals surface area contributed by atoms with Crippen LogP contribution < -0.4 is 5.73 Å². The Labute approximate surface area is 82.2 Å². The number of carbonyl (C=O) groups is 2. The molecule has 0 aliphatic carbocycles. The second kappa shape index (κ2) is 4.37. The van der Waals surface area contributed by atoms with E-state index >= 15 is 0 Å². The number of allylic oxidation sites excluding steroid dienone is 1. The molecule has 0 unspecified atom stereocenters. The molecule has 72 valence electrons. The van der Waals surface area contributed by atoms with Gasteiger partial charge in [0.2, 0.25) is 0 Å². The summed E-state index contributed by atoms with van der Waals surface area (Å²) >= 11 is 0. The lowest BCUT2D eigenvalue weighted by molar-refractivity contribution is -0.104. The summed E-state index contributed by atoms with van der Waals surface area (Å²) in [6.45, 7) is 1.48. The van der Waals surface area contributed by atoms with Crippen LogP contribution in [0.1, 0.15) is 22.8 Å². The van der Waals surface area contributed by atoms with Gasteiger partial charge in [0, 0.05) is 11.3 Å². The highest BCUT2D eigenvalue weighted by Crippen LogP contribution is 2.15. The average Bonchev–Trinajstić information content (AvgIpc) is 2.15. The first kappa shape index (κ1) is 10.2. The molecule has 2 N–H and O–H groups in total. The number of ketones is 1. The quantitative estimate of drug-likeness (QED) is 0.340. The van der Waals surface area contributed by atoms with Crippen molar-refractivity contribution < 1.29 is 9.59 Å². The lowest BCUT2D eigenvalue weighted by Gasteiger charge is -2.01. The summed E-state index contributed by atoms with van der Waals surface area (Å²) in [6.07, 6.45) is 3.64. The predicted octanol–water partition coefficient (Wildman–Crippen LogP) is 1.68. The Balaban J connectivity index is 3.07. The topological polar surface area (TPSA) is 60.2 Å². The number of benzene rings is 1. The second-order valence-corrected chi connectivity index (χ2v) is 2.90. The molecule has 1 aromatic rings. The molecule has 0 aromatic heterocycles. The van der Waals surface area contributed by atoms with E-state index in [-0.39, 0.29) is 5.78 Å². The minimum Gasteiger partial charge on any atom is -0.398 e. The van der Waals surface area contributed by atoms with Gasteiger partial charge in [-0.2, -0.15) is 0 Å². The molecule has 0 aliphatic heterocycles. The van der Waals surface area contributed by atoms with Crippen LogP contribution in [0.2, 0.25) is 0 Å². The molecule has 0 saturated heterocycles. The second-order valence-electron chi connectivity index (χ2n) is 2.90. The smallest absolute Gasteiger partial charge is 0.159 e. The largest absolute Gasteiger partial charge is 0.398 e. The molecule has 0 fully saturated rings. The predicted molar refractivity (Wildman–Crippen MR) is 56.0 cm³/mol. The molecule has 0 bridgehead atoms. The monoisotopic (exact) mass is 189 g/mol. The normalized spacial score (nSPS) is 10.4. The van der Waals surface area contributed by atoms with Crippen LogP contribution in [0.4, 0.5) is 5.69 Å². The minimum absolute atomic E-state index is 0.0254. The molecule has 1 rings (SSSR count). The molecule has 0 saturated carbocycles. The summed E-state index contributed by atoms with van der Waals surface area (Å²) in [4.78, 5) is 21.1. The summed E-state index contributed by atoms with van der Waals surface area (Å²) in [7, 11) is 0. The molecule has 0 radical (unpaired) electrons. The van der Waals surface area contributed by atoms with Crippen LogP contribution in [0.3, 0.4) is 0 Å². The maximum atomic E-state index is 11.0. The third-order valence-corrected chi connectivity index (χ3v) is 1.85. The van der Waals surface area contributed by atoms with Gasteiger partial charge in [-0.3, -0.25) is 9.59 Å². The van der Waals surface area contributed by atoms with Crippen molar-refractivity contribution in [2.24, 2.45) is 0 Å². The van der Waals surface area contributed by atoms with Crippen LogP contribution in [0.15, 0.2) is 24.3 Å². The van der Waals surface area contributed by atoms with Crippen molar-refractivity contribution in [1.82, 2.24) is 0 Å². The van der Waals surface area contributed by atoms with Crippen molar-refractivity contribution in [2.45, 2.75) is 6.92 Å². The molecule has 1 aromatic carbocycles. The van der Waals surface area contributed by atoms with Gasteiger partial charge in [0.05, 0.1) is 0 Å². The third-order valence-electron chi connectivity index (χ3n) is 1.85. The third kappa shape index (κ3) is 2.29. The number of carbonyl (C=O) groups excluding carboxylic acids is 2. The Morgan fingerprint density at radius 1 is 1.43 bits per heavy atom. The van der Waals surface area contributed by atoms with E-state index in [0.717, 1.165) is 5.56 Å². The number of hydrogen-bond donors (Lipinski definition) is 1. The van der Waals surface area contributed by atoms with Crippen LogP contribution in [-0.2, 0) is 4.79 Å². The molecule has 0 heterocycles. The van der Waals surface area contributed by atoms with Gasteiger partial charge in [0.25, 0.3) is 0 Å². The minimum atomic E-state index is -0.0254. The number of aldehydes is 1. The highest BCUT2D eigenvalue weighted by molar-refractivity contribution is 5.95. The number of Topliss-reactive ketones (excluding diaryl/α,β-unsaturated/α-hetero) is 1. The van der Waals surface area contributed by atoms with Gasteiger partial charge in [0.1, 0.15) is 6.29 Å². The van der Waals surface area contributed by atoms with Crippen molar-refractivity contribution >= 4 is 23.8 Å². The molecule has 3 nitrogen and oxygen atoms in total. The first-order valence-electron chi connectivity index (χ1n) is 4.17. The van der Waals surface area contributed by atoms with Gasteiger partial charge in [-0.25, -0.2) is 0 Å². The Morgan fingerprint density at radius 2 is 2.14 bits per heavy atom. The van der Waals surface area contributed by atoms with Gasteiger partial charge in [-0.15, -0.1) is 0 Å². The molecule has 0 spiro atoms. The van der Waals surface area contributed by atoms with E-state index in [4.69, 9.17) is 5.73 Å². The first-order valence-corrected chi connectivity index (χ1v) is 4.17. The summed E-state index contributed by atoms with van der Waals surface area (Å²) in [6, 6.07) is 5.00. The van der Waals surface area contributed by atoms with E-state index in [1.807, 2.05) is 0 Å². The van der Waals surface area contributed by atoms with E-state index in [1.165, 1.54) is 13.0 Å². The SMILES string of the molecule is CC(=O)c1ccc(C=CC=O)c(N)c1. The summed E-state index contributed by atoms with van der Waals surface area (Å²) in [5.74, 6) is -0.0254. The number of nitrogen functional groups attached to an aromatic ring is 1. The van der Waals surface area contributed by atoms with Crippen molar-refractivity contribution in [3.8, 4) is 0 Å². The fraction of sp³-hybridized carbons (Fsp3) is 0.0909. The van der Waals surface area contributed by atoms with Gasteiger partial charge in [-0.05, 0) is 30.7 Å². The Kier molecular flexibility index (Phi) is 3.18. The summed E-state index contributed by atoms with van der Waals surface area (Å²) in [5.41, 5.74) is 7.49. The van der Waals surface area contributed by atoms with E-state index in [0.29, 0.717) is 17.5 Å². The standard InChI is InChI=1S/C11H11NO2/c1-8(14)10-5-4-9(3-2-6-13)11(12)7-10/h2-7H,12H2,1H3. The highest BCUT2D eigenvalue weighted by Gasteiger charge is 2.01. The van der Waals surface area contributed by atoms with E-state index in [1.54, 1.807) is 24.3 Å². The van der Waals surface area contributed by atoms with Crippen LogP contribution in [0.25, 0.3) is 6.08 Å². The fourth-order valence-electron chi connectivity index (χ4n) is 1.09. The van der Waals surface area contributed by atoms with E-state index in [9.17, 15) is 9.59 Å². The zero-order chi connectivity index (χ0) is 10.6. The maximum absolute atomic E-state index is 11.0. The Bertz CT molecular complexity index is 394. The van der Waals surface area contributed by atoms with E-state index < -0.39 is 0 Å². The first-order chi connectivity index (χ1) is 6.65. The zero-order valence-corrected chi connectivity index (χ0v) is 7.86. The number of rotatable bonds is 3. The van der Waals surface area contributed by atoms with Crippen LogP contribution in [-0.4, -0.2) is 12.1 Å². The average molecular weight is 189 g/mol. The van der Waals surface area contributed by atoms with Crippen molar-refractivity contribution in [3.63, 3.8) is 0 Å². The number of nitrogens with two attached hydrogens (primary N) is 1. The molecule has 0 amide bonds. The molecular formula is C11H11NO2. The lowest BCUT2D eigenvalue weighted by atomic mass is 10.1. The summed E-state index contributed by atoms with van der Waals surface area (Å²) < 4.78 is 0. The molecule has 0 aliphatic rings. The van der Waals surface area contributed by atoms with Gasteiger partial charge in [0.15, 0.2) is 5.78 Å². The molecular weight excluding hydrogens is 178 g/mol. The van der Waals surface area contributed by atoms with Crippen LogP contribution in [0.5, 0.6) is 0 Å². The van der Waals surface area contributed by atoms with Crippen molar-refractivity contribution in [1.29, 1.82) is 0 Å². The van der Waals surface area contributed by atoms with Crippen molar-refractivity contribution in [2.75, 3.05) is 5.73 Å². The van der Waals surface area contributed by atoms with Crippen LogP contribution >= 0.6 is 0 Å². The van der Waals surface area contributed by atoms with Gasteiger partial charge in [-0.1, -0.05) is 12.1 Å². The highest BCUT2D eigenvalue weighted by atomic mass is 16.1. The molecule has 0 atom stereocenters. The zero-order valence-electron chi connectivity index (χ0n) is 7.86. The molecule has 3 heteroatoms. The summed E-state index contributed by atoms with van der Waals surface area (Å²) in [5, 5.41) is 0. The molecule has 14 heavy (non-hydrogen) atoms. The van der Waals surface area contributed by atoms with Crippen molar-refractivity contribution in [3.05, 3.63) is 35.4 Å². The maximum Gasteiger partial charge on any atom is 0.159 e. The van der Waals surface area contributed by atoms with Crippen LogP contribution in [0, 0.1) is 0 Å². The van der Waals surface area contributed by atoms with E-state index in [2.05, 4.69) is 0 Å². The fourth-order valence-corrected chi connectivity index (χ4v) is 1.09. The Hall–Kier alpha value is -1.90.